The summed E-state index contributed by atoms with van der Waals surface area (Å²) in [6, 6.07) is 0. The van der Waals surface area contributed by atoms with E-state index in [2.05, 4.69) is 40.7 Å². The predicted molar refractivity (Wildman–Crippen MR) is 306 cm³/mol. The molecule has 12 fully saturated rings. The van der Waals surface area contributed by atoms with Gasteiger partial charge in [-0.05, 0) is 111 Å². The molecule has 0 unspecified atom stereocenters. The molecule has 8 saturated heterocycles. The van der Waals surface area contributed by atoms with E-state index in [1.54, 1.807) is 0 Å². The molecule has 33 atom stereocenters. The number of carbonyl (C=O) groups excluding carboxylic acids is 3. The second-order valence-corrected chi connectivity index (χ2v) is 30.5. The summed E-state index contributed by atoms with van der Waals surface area (Å²) in [5, 5.41) is 159. The minimum atomic E-state index is -2.29. The molecule has 4 saturated carbocycles. The molecule has 14 N–H and O–H groups in total. The molecule has 0 aromatic carbocycles. The third-order valence-corrected chi connectivity index (χ3v) is 24.0. The van der Waals surface area contributed by atoms with Gasteiger partial charge in [0.1, 0.15) is 79.4 Å². The molecule has 1 spiro atoms. The quantitative estimate of drug-likeness (QED) is 0.0590. The summed E-state index contributed by atoms with van der Waals surface area (Å²) >= 11 is 0. The van der Waals surface area contributed by atoms with Gasteiger partial charge in [0.2, 0.25) is 6.29 Å². The van der Waals surface area contributed by atoms with E-state index >= 15 is 4.79 Å². The van der Waals surface area contributed by atoms with E-state index in [-0.39, 0.29) is 29.6 Å². The number of ether oxygens (including phenoxy) is 12. The van der Waals surface area contributed by atoms with E-state index in [1.807, 2.05) is 6.92 Å². The van der Waals surface area contributed by atoms with Gasteiger partial charge in [-0.15, -0.1) is 0 Å². The van der Waals surface area contributed by atoms with Gasteiger partial charge >= 0.3 is 17.9 Å². The normalized spacial score (nSPS) is 54.4. The molecule has 5 aliphatic carbocycles. The van der Waals surface area contributed by atoms with Crippen LogP contribution in [-0.4, -0.2) is 275 Å². The highest BCUT2D eigenvalue weighted by Gasteiger charge is 2.72. The predicted octanol–water partition coefficient (Wildman–Crippen LogP) is -2.68. The number of hydrogen-bond donors (Lipinski definition) is 14. The molecular formula is C63H98O29. The Bertz CT molecular complexity index is 2700. The number of allylic oxidation sites excluding steroid dienone is 2. The zero-order valence-corrected chi connectivity index (χ0v) is 53.4. The van der Waals surface area contributed by atoms with Gasteiger partial charge in [-0.1, -0.05) is 53.2 Å². The standard InChI is InChI=1S/C63H98O29/c1-26-46-47(88-51-43(76)38(71)30(67)22-81-51)45(78)53(84-26)90-48-39(72)31(68)23-82-54(48)92-56(79)63-15-13-57(2,3)17-28(63)27-9-10-35-59(5)18-29(66)50(60(6,25-65)34(59)11-12-62(35,8)61(27,7)14-16-63)91-55-49(42(75)40(73)32(21-64)86-55)89-52-44(77)41(74)33(24-83-52)85-36(69)19-58(4,80)20-37(70)87-46/h9,26,28-35,38-55,64-68,71-78,80H,10-25H2,1-8H3/t26-,28-,29-,30-,31+,32+,33+,34-,35+,38+,39-,40-,41-,42-,43-,44+,45+,46+,47-,48-,49+,50-,51+,52+,53-,54+,55-,58-,59-,60-,61+,62+,63-/m0/s1. The summed E-state index contributed by atoms with van der Waals surface area (Å²) in [7, 11) is 0. The number of aliphatic hydroxyl groups is 14. The fourth-order valence-electron chi connectivity index (χ4n) is 18.5. The summed E-state index contributed by atoms with van der Waals surface area (Å²) in [5.74, 6) is -3.90. The number of carbonyl (C=O) groups is 3. The van der Waals surface area contributed by atoms with Crippen molar-refractivity contribution in [1.29, 1.82) is 0 Å². The van der Waals surface area contributed by atoms with Crippen LogP contribution in [-0.2, 0) is 71.2 Å². The highest BCUT2D eigenvalue weighted by Crippen LogP contribution is 2.76. The first-order valence-electron chi connectivity index (χ1n) is 32.6. The Morgan fingerprint density at radius 1 is 0.565 bits per heavy atom. The Morgan fingerprint density at radius 2 is 1.21 bits per heavy atom. The van der Waals surface area contributed by atoms with Gasteiger partial charge in [0, 0.05) is 5.41 Å². The molecule has 0 aromatic rings. The molecule has 12 aliphatic heterocycles. The lowest BCUT2D eigenvalue weighted by molar-refractivity contribution is -0.377. The summed E-state index contributed by atoms with van der Waals surface area (Å²) in [6.45, 7) is 12.2. The van der Waals surface area contributed by atoms with Gasteiger partial charge in [-0.3, -0.25) is 14.4 Å². The minimum absolute atomic E-state index is 0.109. The van der Waals surface area contributed by atoms with E-state index < -0.39 is 244 Å². The summed E-state index contributed by atoms with van der Waals surface area (Å²) in [4.78, 5) is 43.1. The topological polar surface area (TPSA) is 445 Å². The van der Waals surface area contributed by atoms with E-state index in [9.17, 15) is 81.1 Å². The van der Waals surface area contributed by atoms with Crippen molar-refractivity contribution in [3.8, 4) is 0 Å². The Balaban J connectivity index is 0.951. The largest absolute Gasteiger partial charge is 0.457 e. The fraction of sp³-hybridized carbons (Fsp3) is 0.921. The van der Waals surface area contributed by atoms with E-state index in [0.717, 1.165) is 12.5 Å². The fourth-order valence-corrected chi connectivity index (χ4v) is 18.5. The van der Waals surface area contributed by atoms with Crippen molar-refractivity contribution < 1.29 is 143 Å². The first-order valence-corrected chi connectivity index (χ1v) is 32.6. The SMILES string of the molecule is C[C@@H]1O[C@H]2O[C@@H]3[C@H](OC[C@@H](O)[C@@H]3O)OC(=O)[C@]34CCC(C)(C)C[C@H]3C3=CC[C@@H]5[C@@]6(C)C[C@H](O)[C@H](O[C@@H]7O[C@H](CO)[C@H](O)[C@H](O)[C@H]7O[C@H]7OC[C@@H](OC(=O)C[C@](C)(O)CC(=O)O[C@H]1[C@@H](O[C@H]1OC[C@H](O)[C@@H](O)[C@@H]1O)[C@H]2O)[C@H](O)[C@H]7O)[C@@](C)(CO)[C@H]6CC[C@@]5(C)[C@]3(C)CC4. The van der Waals surface area contributed by atoms with E-state index in [0.29, 0.717) is 51.4 Å². The van der Waals surface area contributed by atoms with Crippen LogP contribution in [0.4, 0.5) is 0 Å². The van der Waals surface area contributed by atoms with Gasteiger partial charge in [0.15, 0.2) is 43.5 Å². The zero-order chi connectivity index (χ0) is 66.9. The maximum atomic E-state index is 15.6. The molecule has 0 amide bonds. The molecule has 524 valence electrons. The second-order valence-electron chi connectivity index (χ2n) is 30.5. The average Bonchev–Trinajstić information content (AvgIpc) is 0.674. The Labute approximate surface area is 533 Å². The molecule has 17 aliphatic rings. The van der Waals surface area contributed by atoms with Gasteiger partial charge in [0.25, 0.3) is 0 Å². The Kier molecular flexibility index (Phi) is 19.8. The van der Waals surface area contributed by atoms with Crippen LogP contribution in [0.15, 0.2) is 11.6 Å². The zero-order valence-electron chi connectivity index (χ0n) is 53.4. The molecule has 0 aromatic heterocycles. The van der Waals surface area contributed by atoms with Crippen LogP contribution in [0, 0.1) is 50.2 Å². The maximum absolute atomic E-state index is 15.6. The lowest BCUT2D eigenvalue weighted by atomic mass is 9.33. The lowest BCUT2D eigenvalue weighted by Crippen LogP contribution is -2.70. The molecule has 17 rings (SSSR count). The van der Waals surface area contributed by atoms with Crippen molar-refractivity contribution in [2.75, 3.05) is 33.0 Å². The highest BCUT2D eigenvalue weighted by atomic mass is 16.8. The molecule has 29 nitrogen and oxygen atoms in total. The first kappa shape index (κ1) is 70.5. The number of aliphatic hydroxyl groups excluding tert-OH is 13. The molecular weight excluding hydrogens is 1220 g/mol. The van der Waals surface area contributed by atoms with Crippen LogP contribution in [0.1, 0.15) is 126 Å². The van der Waals surface area contributed by atoms with Crippen LogP contribution in [0.2, 0.25) is 0 Å². The summed E-state index contributed by atoms with van der Waals surface area (Å²) in [5.41, 5.74) is -5.49. The van der Waals surface area contributed by atoms with Crippen molar-refractivity contribution in [2.24, 2.45) is 50.2 Å². The van der Waals surface area contributed by atoms with Crippen LogP contribution < -0.4 is 0 Å². The second kappa shape index (κ2) is 25.8. The van der Waals surface area contributed by atoms with E-state index in [1.165, 1.54) is 6.92 Å². The van der Waals surface area contributed by atoms with Crippen molar-refractivity contribution >= 4 is 17.9 Å². The summed E-state index contributed by atoms with van der Waals surface area (Å²) in [6.07, 6.45) is -36.9. The van der Waals surface area contributed by atoms with Crippen molar-refractivity contribution in [2.45, 2.75) is 279 Å². The number of rotatable bonds is 4. The monoisotopic (exact) mass is 1320 g/mol. The van der Waals surface area contributed by atoms with Crippen molar-refractivity contribution in [3.63, 3.8) is 0 Å². The Morgan fingerprint density at radius 3 is 1.90 bits per heavy atom. The molecule has 12 bridgehead atoms. The average molecular weight is 1320 g/mol. The maximum Gasteiger partial charge on any atom is 0.315 e. The number of hydrogen-bond acceptors (Lipinski definition) is 29. The third kappa shape index (κ3) is 12.1. The van der Waals surface area contributed by atoms with Crippen LogP contribution in [0.5, 0.6) is 0 Å². The molecule has 92 heavy (non-hydrogen) atoms. The van der Waals surface area contributed by atoms with Crippen molar-refractivity contribution in [1.82, 2.24) is 0 Å². The highest BCUT2D eigenvalue weighted by molar-refractivity contribution is 5.79. The van der Waals surface area contributed by atoms with Gasteiger partial charge in [-0.25, -0.2) is 0 Å². The Hall–Kier alpha value is -2.77. The number of esters is 3. The smallest absolute Gasteiger partial charge is 0.315 e. The van der Waals surface area contributed by atoms with Gasteiger partial charge < -0.3 is 128 Å². The summed E-state index contributed by atoms with van der Waals surface area (Å²) < 4.78 is 72.3. The minimum Gasteiger partial charge on any atom is -0.457 e. The van der Waals surface area contributed by atoms with E-state index in [4.69, 9.17) is 56.8 Å². The van der Waals surface area contributed by atoms with Crippen LogP contribution in [0.3, 0.4) is 0 Å². The lowest BCUT2D eigenvalue weighted by Gasteiger charge is -2.72. The van der Waals surface area contributed by atoms with Gasteiger partial charge in [-0.2, -0.15) is 0 Å². The molecule has 0 radical (unpaired) electrons. The van der Waals surface area contributed by atoms with Crippen LogP contribution >= 0.6 is 0 Å². The third-order valence-electron chi connectivity index (χ3n) is 24.0. The van der Waals surface area contributed by atoms with Gasteiger partial charge in [0.05, 0.1) is 75.2 Å². The van der Waals surface area contributed by atoms with Crippen molar-refractivity contribution in [3.05, 3.63) is 11.6 Å². The first-order chi connectivity index (χ1) is 43.1. The molecule has 12 heterocycles. The molecule has 29 heteroatoms. The van der Waals surface area contributed by atoms with Crippen LogP contribution in [0.25, 0.3) is 0 Å².